The minimum absolute atomic E-state index is 0.0458. The van der Waals surface area contributed by atoms with E-state index < -0.39 is 0 Å². The number of benzene rings is 2. The van der Waals surface area contributed by atoms with Gasteiger partial charge in [0.15, 0.2) is 11.5 Å². The SMILES string of the molecule is CN(CC(=O)Nc1ccc(Br)cc1)Cc1ccc2c(c1)OCO2. The highest BCUT2D eigenvalue weighted by molar-refractivity contribution is 9.10. The maximum absolute atomic E-state index is 12.1. The molecule has 6 heteroatoms. The molecule has 0 aromatic heterocycles. The van der Waals surface area contributed by atoms with Crippen molar-refractivity contribution in [2.75, 3.05) is 25.7 Å². The summed E-state index contributed by atoms with van der Waals surface area (Å²) in [6, 6.07) is 13.3. The van der Waals surface area contributed by atoms with Gasteiger partial charge in [0.25, 0.3) is 0 Å². The maximum Gasteiger partial charge on any atom is 0.238 e. The third-order valence-electron chi connectivity index (χ3n) is 3.43. The summed E-state index contributed by atoms with van der Waals surface area (Å²) in [6.45, 7) is 1.24. The fraction of sp³-hybridized carbons (Fsp3) is 0.235. The maximum atomic E-state index is 12.1. The molecule has 0 fully saturated rings. The second kappa shape index (κ2) is 7.02. The lowest BCUT2D eigenvalue weighted by molar-refractivity contribution is -0.117. The van der Waals surface area contributed by atoms with Crippen LogP contribution < -0.4 is 14.8 Å². The van der Waals surface area contributed by atoms with Crippen LogP contribution >= 0.6 is 15.9 Å². The lowest BCUT2D eigenvalue weighted by atomic mass is 10.2. The quantitative estimate of drug-likeness (QED) is 0.869. The zero-order valence-electron chi connectivity index (χ0n) is 12.7. The van der Waals surface area contributed by atoms with Gasteiger partial charge in [0.2, 0.25) is 12.7 Å². The van der Waals surface area contributed by atoms with E-state index in [0.717, 1.165) is 27.2 Å². The molecular formula is C17H17BrN2O3. The normalized spacial score (nSPS) is 12.5. The molecule has 0 saturated heterocycles. The van der Waals surface area contributed by atoms with E-state index in [1.165, 1.54) is 0 Å². The molecule has 120 valence electrons. The molecular weight excluding hydrogens is 360 g/mol. The summed E-state index contributed by atoms with van der Waals surface area (Å²) in [5.41, 5.74) is 1.86. The number of fused-ring (bicyclic) bond motifs is 1. The molecule has 0 radical (unpaired) electrons. The number of nitrogens with one attached hydrogen (secondary N) is 1. The monoisotopic (exact) mass is 376 g/mol. The first-order chi connectivity index (χ1) is 11.1. The van der Waals surface area contributed by atoms with Crippen molar-refractivity contribution in [3.63, 3.8) is 0 Å². The van der Waals surface area contributed by atoms with Gasteiger partial charge in [-0.05, 0) is 49.0 Å². The van der Waals surface area contributed by atoms with Crippen LogP contribution in [0.2, 0.25) is 0 Å². The molecule has 0 bridgehead atoms. The molecule has 0 unspecified atom stereocenters. The van der Waals surface area contributed by atoms with Crippen molar-refractivity contribution < 1.29 is 14.3 Å². The average Bonchev–Trinajstić information content (AvgIpc) is 2.97. The Morgan fingerprint density at radius 1 is 1.17 bits per heavy atom. The molecule has 2 aromatic carbocycles. The van der Waals surface area contributed by atoms with E-state index >= 15 is 0 Å². The Kier molecular flexibility index (Phi) is 4.83. The number of hydrogen-bond donors (Lipinski definition) is 1. The molecule has 1 N–H and O–H groups in total. The Bertz CT molecular complexity index is 703. The molecule has 0 saturated carbocycles. The highest BCUT2D eigenvalue weighted by Gasteiger charge is 2.14. The summed E-state index contributed by atoms with van der Waals surface area (Å²) in [4.78, 5) is 14.0. The van der Waals surface area contributed by atoms with Gasteiger partial charge in [-0.15, -0.1) is 0 Å². The number of nitrogens with zero attached hydrogens (tertiary/aromatic N) is 1. The largest absolute Gasteiger partial charge is 0.454 e. The van der Waals surface area contributed by atoms with Gasteiger partial charge in [-0.3, -0.25) is 9.69 Å². The summed E-state index contributed by atoms with van der Waals surface area (Å²) in [5, 5.41) is 2.88. The molecule has 23 heavy (non-hydrogen) atoms. The second-order valence-corrected chi connectivity index (χ2v) is 6.33. The van der Waals surface area contributed by atoms with Gasteiger partial charge in [0.1, 0.15) is 0 Å². The molecule has 5 nitrogen and oxygen atoms in total. The van der Waals surface area contributed by atoms with Crippen molar-refractivity contribution in [2.24, 2.45) is 0 Å². The first kappa shape index (κ1) is 15.8. The highest BCUT2D eigenvalue weighted by atomic mass is 79.9. The standard InChI is InChI=1S/C17H17BrN2O3/c1-20(9-12-2-7-15-16(8-12)23-11-22-15)10-17(21)19-14-5-3-13(18)4-6-14/h2-8H,9-11H2,1H3,(H,19,21). The van der Waals surface area contributed by atoms with Crippen molar-refractivity contribution >= 4 is 27.5 Å². The van der Waals surface area contributed by atoms with Crippen LogP contribution in [0.4, 0.5) is 5.69 Å². The van der Waals surface area contributed by atoms with Gasteiger partial charge in [0, 0.05) is 16.7 Å². The van der Waals surface area contributed by atoms with E-state index in [-0.39, 0.29) is 12.7 Å². The van der Waals surface area contributed by atoms with Crippen LogP contribution in [0.5, 0.6) is 11.5 Å². The van der Waals surface area contributed by atoms with Crippen LogP contribution in [0.15, 0.2) is 46.9 Å². The Morgan fingerprint density at radius 3 is 2.70 bits per heavy atom. The predicted octanol–water partition coefficient (Wildman–Crippen LogP) is 3.25. The van der Waals surface area contributed by atoms with Crippen molar-refractivity contribution in [3.05, 3.63) is 52.5 Å². The molecule has 0 aliphatic carbocycles. The molecule has 1 heterocycles. The van der Waals surface area contributed by atoms with E-state index in [1.54, 1.807) is 0 Å². The molecule has 1 aliphatic heterocycles. The zero-order chi connectivity index (χ0) is 16.2. The van der Waals surface area contributed by atoms with Gasteiger partial charge < -0.3 is 14.8 Å². The molecule has 1 amide bonds. The Morgan fingerprint density at radius 2 is 1.91 bits per heavy atom. The number of carbonyl (C=O) groups is 1. The first-order valence-corrected chi connectivity index (χ1v) is 8.02. The van der Waals surface area contributed by atoms with Crippen molar-refractivity contribution in [1.82, 2.24) is 4.90 Å². The van der Waals surface area contributed by atoms with Crippen LogP contribution in [-0.2, 0) is 11.3 Å². The van der Waals surface area contributed by atoms with Gasteiger partial charge >= 0.3 is 0 Å². The van der Waals surface area contributed by atoms with Gasteiger partial charge in [-0.2, -0.15) is 0 Å². The minimum Gasteiger partial charge on any atom is -0.454 e. The molecule has 3 rings (SSSR count). The number of likely N-dealkylation sites (N-methyl/N-ethyl adjacent to an activating group) is 1. The predicted molar refractivity (Wildman–Crippen MR) is 91.7 cm³/mol. The van der Waals surface area contributed by atoms with Crippen molar-refractivity contribution in [1.29, 1.82) is 0 Å². The number of hydrogen-bond acceptors (Lipinski definition) is 4. The smallest absolute Gasteiger partial charge is 0.238 e. The van der Waals surface area contributed by atoms with Crippen LogP contribution in [-0.4, -0.2) is 31.2 Å². The fourth-order valence-corrected chi connectivity index (χ4v) is 2.65. The van der Waals surface area contributed by atoms with Crippen LogP contribution in [0.3, 0.4) is 0 Å². The van der Waals surface area contributed by atoms with E-state index in [0.29, 0.717) is 13.1 Å². The van der Waals surface area contributed by atoms with E-state index in [2.05, 4.69) is 21.2 Å². The van der Waals surface area contributed by atoms with Gasteiger partial charge in [-0.25, -0.2) is 0 Å². The summed E-state index contributed by atoms with van der Waals surface area (Å²) in [5.74, 6) is 1.48. The molecule has 2 aromatic rings. The summed E-state index contributed by atoms with van der Waals surface area (Å²) < 4.78 is 11.6. The van der Waals surface area contributed by atoms with Crippen LogP contribution in [0.1, 0.15) is 5.56 Å². The lowest BCUT2D eigenvalue weighted by Crippen LogP contribution is -2.29. The second-order valence-electron chi connectivity index (χ2n) is 5.41. The molecule has 0 atom stereocenters. The summed E-state index contributed by atoms with van der Waals surface area (Å²) >= 11 is 3.37. The minimum atomic E-state index is -0.0458. The number of anilines is 1. The number of ether oxygens (including phenoxy) is 2. The van der Waals surface area contributed by atoms with E-state index in [9.17, 15) is 4.79 Å². The Labute approximate surface area is 143 Å². The zero-order valence-corrected chi connectivity index (χ0v) is 14.3. The first-order valence-electron chi connectivity index (χ1n) is 7.22. The van der Waals surface area contributed by atoms with Crippen LogP contribution in [0.25, 0.3) is 0 Å². The summed E-state index contributed by atoms with van der Waals surface area (Å²) in [6.07, 6.45) is 0. The average molecular weight is 377 g/mol. The van der Waals surface area contributed by atoms with Gasteiger partial charge in [0.05, 0.1) is 6.54 Å². The fourth-order valence-electron chi connectivity index (χ4n) is 2.39. The topological polar surface area (TPSA) is 50.8 Å². The number of amides is 1. The third kappa shape index (κ3) is 4.24. The van der Waals surface area contributed by atoms with E-state index in [4.69, 9.17) is 9.47 Å². The molecule has 0 spiro atoms. The number of halogens is 1. The lowest BCUT2D eigenvalue weighted by Gasteiger charge is -2.16. The third-order valence-corrected chi connectivity index (χ3v) is 3.96. The molecule has 1 aliphatic rings. The highest BCUT2D eigenvalue weighted by Crippen LogP contribution is 2.32. The number of rotatable bonds is 5. The Balaban J connectivity index is 1.53. The van der Waals surface area contributed by atoms with Crippen LogP contribution in [0, 0.1) is 0 Å². The Hall–Kier alpha value is -2.05. The number of carbonyl (C=O) groups excluding carboxylic acids is 1. The summed E-state index contributed by atoms with van der Waals surface area (Å²) in [7, 11) is 1.91. The van der Waals surface area contributed by atoms with E-state index in [1.807, 2.05) is 54.4 Å². The van der Waals surface area contributed by atoms with Crippen molar-refractivity contribution in [2.45, 2.75) is 6.54 Å². The van der Waals surface area contributed by atoms with Gasteiger partial charge in [-0.1, -0.05) is 22.0 Å². The van der Waals surface area contributed by atoms with Crippen molar-refractivity contribution in [3.8, 4) is 11.5 Å².